The summed E-state index contributed by atoms with van der Waals surface area (Å²) in [6, 6.07) is 11.1. The number of carbonyl (C=O) groups excluding carboxylic acids is 1. The van der Waals surface area contributed by atoms with Crippen LogP contribution in [0.1, 0.15) is 24.8 Å². The minimum Gasteiger partial charge on any atom is -0.492 e. The molecule has 8 nitrogen and oxygen atoms in total. The van der Waals surface area contributed by atoms with Gasteiger partial charge in [-0.3, -0.25) is 14.6 Å². The van der Waals surface area contributed by atoms with Crippen molar-refractivity contribution in [3.05, 3.63) is 59.7 Å². The molecule has 0 bridgehead atoms. The van der Waals surface area contributed by atoms with Crippen LogP contribution in [0.4, 0.5) is 8.78 Å². The van der Waals surface area contributed by atoms with Crippen molar-refractivity contribution < 1.29 is 32.9 Å². The molecule has 4 rings (SSSR count). The number of hydrogen-bond donors (Lipinski definition) is 1. The van der Waals surface area contributed by atoms with Crippen molar-refractivity contribution in [3.63, 3.8) is 0 Å². The van der Waals surface area contributed by atoms with Crippen LogP contribution in [0.15, 0.2) is 42.5 Å². The zero-order valence-corrected chi connectivity index (χ0v) is 22.6. The van der Waals surface area contributed by atoms with Crippen LogP contribution >= 0.6 is 0 Å². The van der Waals surface area contributed by atoms with Gasteiger partial charge in [0, 0.05) is 45.9 Å². The third-order valence-electron chi connectivity index (χ3n) is 7.16. The second kappa shape index (κ2) is 14.0. The largest absolute Gasteiger partial charge is 0.492 e. The van der Waals surface area contributed by atoms with E-state index in [1.807, 2.05) is 24.3 Å². The van der Waals surface area contributed by atoms with Crippen LogP contribution in [0.5, 0.6) is 11.5 Å². The average Bonchev–Trinajstić information content (AvgIpc) is 3.10. The molecule has 0 spiro atoms. The zero-order chi connectivity index (χ0) is 27.7. The topological polar surface area (TPSA) is 74.7 Å². The number of hydrogen-bond acceptors (Lipinski definition) is 7. The van der Waals surface area contributed by atoms with Crippen molar-refractivity contribution in [1.29, 1.82) is 0 Å². The molecule has 10 heteroatoms. The molecular weight excluding hydrogens is 508 g/mol. The van der Waals surface area contributed by atoms with Gasteiger partial charge in [0.05, 0.1) is 6.54 Å². The third kappa shape index (κ3) is 8.86. The number of rotatable bonds is 11. The van der Waals surface area contributed by atoms with Crippen molar-refractivity contribution in [1.82, 2.24) is 14.7 Å². The van der Waals surface area contributed by atoms with Gasteiger partial charge in [0.15, 0.2) is 11.6 Å². The fraction of sp³-hybridized carbons (Fsp3) is 0.552. The number of methoxy groups -OCH3 is 1. The maximum Gasteiger partial charge on any atom is 0.248 e. The lowest BCUT2D eigenvalue weighted by molar-refractivity contribution is -0.138. The Morgan fingerprint density at radius 3 is 2.36 bits per heavy atom. The van der Waals surface area contributed by atoms with E-state index in [1.54, 1.807) is 4.90 Å². The summed E-state index contributed by atoms with van der Waals surface area (Å²) in [6.07, 6.45) is 3.83. The SMILES string of the molecule is COCC(=O)N1CCN(Cc2ccc(OCCN3CCCCC3)cc2)C[C@@](O)(COc2ccc(F)c(F)c2)C1. The Bertz CT molecular complexity index is 1070. The summed E-state index contributed by atoms with van der Waals surface area (Å²) in [5.41, 5.74) is -0.402. The van der Waals surface area contributed by atoms with Gasteiger partial charge < -0.3 is 24.2 Å². The van der Waals surface area contributed by atoms with Gasteiger partial charge in [-0.2, -0.15) is 0 Å². The molecule has 0 aromatic heterocycles. The molecular formula is C29H39F2N3O5. The number of amides is 1. The third-order valence-corrected chi connectivity index (χ3v) is 7.16. The number of likely N-dealkylation sites (tertiary alicyclic amines) is 1. The first-order valence-corrected chi connectivity index (χ1v) is 13.6. The van der Waals surface area contributed by atoms with Gasteiger partial charge >= 0.3 is 0 Å². The van der Waals surface area contributed by atoms with Gasteiger partial charge in [-0.25, -0.2) is 8.78 Å². The standard InChI is InChI=1S/C29H39F2N3O5/c1-37-19-28(35)34-14-13-33(20-29(36,21-34)22-39-25-9-10-26(30)27(31)17-25)18-23-5-7-24(8-6-23)38-16-15-32-11-3-2-4-12-32/h5-10,17,36H,2-4,11-16,18-22H2,1H3/t29-/m0/s1. The first kappa shape index (κ1) is 29.2. The molecule has 2 aromatic carbocycles. The maximum atomic E-state index is 13.6. The number of piperidine rings is 1. The fourth-order valence-electron chi connectivity index (χ4n) is 5.10. The highest BCUT2D eigenvalue weighted by molar-refractivity contribution is 5.77. The van der Waals surface area contributed by atoms with E-state index in [4.69, 9.17) is 14.2 Å². The van der Waals surface area contributed by atoms with Crippen LogP contribution in [0.3, 0.4) is 0 Å². The van der Waals surface area contributed by atoms with E-state index >= 15 is 0 Å². The molecule has 2 heterocycles. The lowest BCUT2D eigenvalue weighted by Gasteiger charge is -2.33. The second-order valence-corrected chi connectivity index (χ2v) is 10.4. The fourth-order valence-corrected chi connectivity index (χ4v) is 5.10. The van der Waals surface area contributed by atoms with Gasteiger partial charge in [0.2, 0.25) is 5.91 Å². The number of benzene rings is 2. The van der Waals surface area contributed by atoms with E-state index in [1.165, 1.54) is 32.4 Å². The summed E-state index contributed by atoms with van der Waals surface area (Å²) < 4.78 is 43.5. The van der Waals surface area contributed by atoms with Crippen molar-refractivity contribution in [3.8, 4) is 11.5 Å². The Morgan fingerprint density at radius 1 is 0.897 bits per heavy atom. The maximum absolute atomic E-state index is 13.6. The Kier molecular flexibility index (Phi) is 10.5. The summed E-state index contributed by atoms with van der Waals surface area (Å²) in [5, 5.41) is 11.5. The molecule has 0 aliphatic carbocycles. The molecule has 1 amide bonds. The molecule has 39 heavy (non-hydrogen) atoms. The van der Waals surface area contributed by atoms with E-state index in [9.17, 15) is 18.7 Å². The normalized spacial score (nSPS) is 21.0. The highest BCUT2D eigenvalue weighted by atomic mass is 19.2. The first-order valence-electron chi connectivity index (χ1n) is 13.6. The molecule has 2 aromatic rings. The predicted octanol–water partition coefficient (Wildman–Crippen LogP) is 2.93. The van der Waals surface area contributed by atoms with Crippen molar-refractivity contribution in [2.45, 2.75) is 31.4 Å². The Labute approximate surface area is 229 Å². The molecule has 0 unspecified atom stereocenters. The second-order valence-electron chi connectivity index (χ2n) is 10.4. The Hall–Kier alpha value is -2.79. The Morgan fingerprint density at radius 2 is 1.64 bits per heavy atom. The smallest absolute Gasteiger partial charge is 0.248 e. The van der Waals surface area contributed by atoms with Crippen LogP contribution in [-0.2, 0) is 16.1 Å². The van der Waals surface area contributed by atoms with E-state index < -0.39 is 17.2 Å². The average molecular weight is 548 g/mol. The monoisotopic (exact) mass is 547 g/mol. The van der Waals surface area contributed by atoms with Gasteiger partial charge in [-0.05, 0) is 55.8 Å². The lowest BCUT2D eigenvalue weighted by Crippen LogP contribution is -2.52. The number of nitrogens with zero attached hydrogens (tertiary/aromatic N) is 3. The molecule has 2 aliphatic rings. The van der Waals surface area contributed by atoms with Gasteiger partial charge in [0.25, 0.3) is 0 Å². The molecule has 2 fully saturated rings. The first-order chi connectivity index (χ1) is 18.8. The van der Waals surface area contributed by atoms with E-state index in [2.05, 4.69) is 9.80 Å². The summed E-state index contributed by atoms with van der Waals surface area (Å²) in [5.74, 6) is -1.32. The van der Waals surface area contributed by atoms with E-state index in [0.29, 0.717) is 26.2 Å². The van der Waals surface area contributed by atoms with Crippen molar-refractivity contribution in [2.75, 3.05) is 72.7 Å². The van der Waals surface area contributed by atoms with Gasteiger partial charge in [0.1, 0.15) is 36.9 Å². The van der Waals surface area contributed by atoms with Crippen LogP contribution < -0.4 is 9.47 Å². The number of carbonyl (C=O) groups is 1. The highest BCUT2D eigenvalue weighted by Crippen LogP contribution is 2.22. The quantitative estimate of drug-likeness (QED) is 0.464. The molecule has 1 N–H and O–H groups in total. The summed E-state index contributed by atoms with van der Waals surface area (Å²) in [6.45, 7) is 5.32. The van der Waals surface area contributed by atoms with Crippen molar-refractivity contribution in [2.24, 2.45) is 0 Å². The van der Waals surface area contributed by atoms with Crippen LogP contribution in [0.25, 0.3) is 0 Å². The zero-order valence-electron chi connectivity index (χ0n) is 22.6. The summed E-state index contributed by atoms with van der Waals surface area (Å²) in [4.78, 5) is 18.7. The molecule has 2 aliphatic heterocycles. The molecule has 1 atom stereocenters. The van der Waals surface area contributed by atoms with Crippen LogP contribution in [0, 0.1) is 11.6 Å². The van der Waals surface area contributed by atoms with Crippen molar-refractivity contribution >= 4 is 5.91 Å². The number of β-amino-alcohol motifs (C(OH)–C–C–N with tert-alkyl or cyclic N) is 1. The Balaban J connectivity index is 1.36. The summed E-state index contributed by atoms with van der Waals surface area (Å²) in [7, 11) is 1.45. The van der Waals surface area contributed by atoms with Crippen LogP contribution in [-0.4, -0.2) is 104 Å². The van der Waals surface area contributed by atoms with E-state index in [-0.39, 0.29) is 38.0 Å². The summed E-state index contributed by atoms with van der Waals surface area (Å²) >= 11 is 0. The minimum atomic E-state index is -1.44. The molecule has 0 saturated carbocycles. The minimum absolute atomic E-state index is 0.0270. The number of aliphatic hydroxyl groups is 1. The molecule has 214 valence electrons. The van der Waals surface area contributed by atoms with Crippen LogP contribution in [0.2, 0.25) is 0 Å². The number of halogens is 2. The molecule has 0 radical (unpaired) electrons. The van der Waals surface area contributed by atoms with Gasteiger partial charge in [-0.15, -0.1) is 0 Å². The lowest BCUT2D eigenvalue weighted by atomic mass is 10.0. The highest BCUT2D eigenvalue weighted by Gasteiger charge is 2.37. The molecule has 2 saturated heterocycles. The number of ether oxygens (including phenoxy) is 3. The van der Waals surface area contributed by atoms with E-state index in [0.717, 1.165) is 43.1 Å². The van der Waals surface area contributed by atoms with Gasteiger partial charge in [-0.1, -0.05) is 18.6 Å². The predicted molar refractivity (Wildman–Crippen MR) is 143 cm³/mol.